The summed E-state index contributed by atoms with van der Waals surface area (Å²) in [5.41, 5.74) is 6.20. The second-order valence-electron chi connectivity index (χ2n) is 2.69. The van der Waals surface area contributed by atoms with Crippen LogP contribution >= 0.6 is 0 Å². The Balaban J connectivity index is 3.02. The van der Waals surface area contributed by atoms with Gasteiger partial charge in [0.15, 0.2) is 0 Å². The van der Waals surface area contributed by atoms with E-state index in [2.05, 4.69) is 0 Å². The predicted molar refractivity (Wildman–Crippen MR) is 50.5 cm³/mol. The summed E-state index contributed by atoms with van der Waals surface area (Å²) in [6.45, 7) is 1.65. The van der Waals surface area contributed by atoms with Gasteiger partial charge >= 0.3 is 0 Å². The summed E-state index contributed by atoms with van der Waals surface area (Å²) in [5.74, 6) is -0.904. The average Bonchev–Trinajstić information content (AvgIpc) is 2.16. The monoisotopic (exact) mass is 177 g/mol. The minimum absolute atomic E-state index is 0.215. The van der Waals surface area contributed by atoms with Gasteiger partial charge < -0.3 is 5.73 Å². The van der Waals surface area contributed by atoms with Crippen LogP contribution in [-0.4, -0.2) is 11.6 Å². The number of carbonyl (C=O) groups is 2. The first-order chi connectivity index (χ1) is 6.16. The first-order valence-corrected chi connectivity index (χ1v) is 4.08. The van der Waals surface area contributed by atoms with Gasteiger partial charge in [-0.1, -0.05) is 19.1 Å². The molecule has 0 spiro atoms. The Hall–Kier alpha value is -1.64. The van der Waals surface area contributed by atoms with E-state index in [0.29, 0.717) is 11.3 Å². The highest BCUT2D eigenvalue weighted by atomic mass is 16.2. The third-order valence-corrected chi connectivity index (χ3v) is 1.78. The number of nitrogens with two attached hydrogens (primary N) is 1. The van der Waals surface area contributed by atoms with E-state index in [9.17, 15) is 9.59 Å². The number of nitrogen functional groups attached to an aromatic ring is 1. The zero-order valence-corrected chi connectivity index (χ0v) is 7.41. The molecule has 1 aromatic carbocycles. The topological polar surface area (TPSA) is 60.2 Å². The molecular formula is C10H11NO2. The summed E-state index contributed by atoms with van der Waals surface area (Å²) < 4.78 is 0. The lowest BCUT2D eigenvalue weighted by atomic mass is 10.0. The van der Waals surface area contributed by atoms with Crippen LogP contribution in [0.4, 0.5) is 5.69 Å². The number of benzene rings is 1. The number of carbonyl (C=O) groups excluding carboxylic acids is 2. The molecule has 0 radical (unpaired) electrons. The number of hydrogen-bond acceptors (Lipinski definition) is 3. The number of Topliss-reactive ketones (excluding diaryl/α,β-unsaturated/α-hetero) is 2. The SMILES string of the molecule is CCC(=O)C(=O)c1ccccc1N. The van der Waals surface area contributed by atoms with E-state index in [-0.39, 0.29) is 6.42 Å². The molecule has 0 unspecified atom stereocenters. The fourth-order valence-corrected chi connectivity index (χ4v) is 1.01. The second-order valence-corrected chi connectivity index (χ2v) is 2.69. The van der Waals surface area contributed by atoms with Crippen molar-refractivity contribution in [1.29, 1.82) is 0 Å². The Labute approximate surface area is 76.6 Å². The molecule has 13 heavy (non-hydrogen) atoms. The van der Waals surface area contributed by atoms with Crippen LogP contribution in [0.5, 0.6) is 0 Å². The van der Waals surface area contributed by atoms with E-state index in [4.69, 9.17) is 5.73 Å². The van der Waals surface area contributed by atoms with Gasteiger partial charge in [0.2, 0.25) is 11.6 Å². The molecule has 0 aliphatic carbocycles. The summed E-state index contributed by atoms with van der Waals surface area (Å²) in [7, 11) is 0. The van der Waals surface area contributed by atoms with Gasteiger partial charge in [0, 0.05) is 17.7 Å². The Morgan fingerprint density at radius 3 is 2.46 bits per heavy atom. The van der Waals surface area contributed by atoms with E-state index in [1.54, 1.807) is 31.2 Å². The van der Waals surface area contributed by atoms with Crippen LogP contribution in [-0.2, 0) is 4.79 Å². The van der Waals surface area contributed by atoms with Gasteiger partial charge in [-0.05, 0) is 12.1 Å². The highest BCUT2D eigenvalue weighted by molar-refractivity contribution is 6.44. The lowest BCUT2D eigenvalue weighted by Crippen LogP contribution is -2.14. The van der Waals surface area contributed by atoms with Gasteiger partial charge in [-0.15, -0.1) is 0 Å². The van der Waals surface area contributed by atoms with Crippen LogP contribution in [0.1, 0.15) is 23.7 Å². The van der Waals surface area contributed by atoms with Crippen molar-refractivity contribution in [1.82, 2.24) is 0 Å². The molecule has 1 aromatic rings. The summed E-state index contributed by atoms with van der Waals surface area (Å²) in [4.78, 5) is 22.4. The Kier molecular flexibility index (Phi) is 2.80. The molecule has 3 nitrogen and oxygen atoms in total. The Morgan fingerprint density at radius 1 is 1.31 bits per heavy atom. The maximum atomic E-state index is 11.4. The standard InChI is InChI=1S/C10H11NO2/c1-2-9(12)10(13)7-5-3-4-6-8(7)11/h3-6H,2,11H2,1H3. The molecule has 0 saturated heterocycles. The summed E-state index contributed by atoms with van der Waals surface area (Å²) in [6.07, 6.45) is 0.215. The quantitative estimate of drug-likeness (QED) is 0.431. The van der Waals surface area contributed by atoms with Crippen molar-refractivity contribution < 1.29 is 9.59 Å². The summed E-state index contributed by atoms with van der Waals surface area (Å²) in [6, 6.07) is 6.58. The molecule has 0 atom stereocenters. The largest absolute Gasteiger partial charge is 0.398 e. The lowest BCUT2D eigenvalue weighted by molar-refractivity contribution is -0.114. The van der Waals surface area contributed by atoms with Crippen molar-refractivity contribution in [3.05, 3.63) is 29.8 Å². The molecule has 0 heterocycles. The van der Waals surface area contributed by atoms with Crippen LogP contribution < -0.4 is 5.73 Å². The number of rotatable bonds is 3. The predicted octanol–water partition coefficient (Wildman–Crippen LogP) is 1.43. The van der Waals surface area contributed by atoms with Crippen molar-refractivity contribution in [3.8, 4) is 0 Å². The van der Waals surface area contributed by atoms with Gasteiger partial charge in [-0.3, -0.25) is 9.59 Å². The minimum Gasteiger partial charge on any atom is -0.398 e. The lowest BCUT2D eigenvalue weighted by Gasteiger charge is -2.01. The van der Waals surface area contributed by atoms with E-state index >= 15 is 0 Å². The zero-order chi connectivity index (χ0) is 9.84. The molecule has 1 rings (SSSR count). The van der Waals surface area contributed by atoms with E-state index < -0.39 is 11.6 Å². The Bertz CT molecular complexity index is 345. The number of hydrogen-bond donors (Lipinski definition) is 1. The van der Waals surface area contributed by atoms with Crippen LogP contribution in [0.25, 0.3) is 0 Å². The van der Waals surface area contributed by atoms with Crippen LogP contribution in [0, 0.1) is 0 Å². The summed E-state index contributed by atoms with van der Waals surface area (Å²) >= 11 is 0. The summed E-state index contributed by atoms with van der Waals surface area (Å²) in [5, 5.41) is 0. The highest BCUT2D eigenvalue weighted by Crippen LogP contribution is 2.11. The molecule has 2 N–H and O–H groups in total. The van der Waals surface area contributed by atoms with Crippen LogP contribution in [0.15, 0.2) is 24.3 Å². The normalized spacial score (nSPS) is 9.62. The number of para-hydroxylation sites is 1. The van der Waals surface area contributed by atoms with Crippen molar-refractivity contribution in [2.45, 2.75) is 13.3 Å². The maximum Gasteiger partial charge on any atom is 0.230 e. The molecule has 0 amide bonds. The van der Waals surface area contributed by atoms with Crippen molar-refractivity contribution >= 4 is 17.3 Å². The van der Waals surface area contributed by atoms with Gasteiger partial charge in [-0.25, -0.2) is 0 Å². The van der Waals surface area contributed by atoms with Crippen molar-refractivity contribution in [3.63, 3.8) is 0 Å². The van der Waals surface area contributed by atoms with Crippen LogP contribution in [0.2, 0.25) is 0 Å². The highest BCUT2D eigenvalue weighted by Gasteiger charge is 2.15. The first-order valence-electron chi connectivity index (χ1n) is 4.08. The molecule has 0 aliphatic rings. The molecule has 0 bridgehead atoms. The van der Waals surface area contributed by atoms with Crippen molar-refractivity contribution in [2.75, 3.05) is 5.73 Å². The molecule has 3 heteroatoms. The number of ketones is 2. The van der Waals surface area contributed by atoms with E-state index in [1.165, 1.54) is 0 Å². The molecule has 0 fully saturated rings. The second kappa shape index (κ2) is 3.85. The first kappa shape index (κ1) is 9.45. The third-order valence-electron chi connectivity index (χ3n) is 1.78. The molecule has 0 saturated carbocycles. The molecule has 0 aromatic heterocycles. The van der Waals surface area contributed by atoms with Gasteiger partial charge in [-0.2, -0.15) is 0 Å². The molecular weight excluding hydrogens is 166 g/mol. The van der Waals surface area contributed by atoms with Crippen molar-refractivity contribution in [2.24, 2.45) is 0 Å². The fraction of sp³-hybridized carbons (Fsp3) is 0.200. The molecule has 0 aliphatic heterocycles. The number of anilines is 1. The average molecular weight is 177 g/mol. The fourth-order valence-electron chi connectivity index (χ4n) is 1.01. The van der Waals surface area contributed by atoms with Gasteiger partial charge in [0.1, 0.15) is 0 Å². The molecule has 68 valence electrons. The van der Waals surface area contributed by atoms with E-state index in [1.807, 2.05) is 0 Å². The maximum absolute atomic E-state index is 11.4. The van der Waals surface area contributed by atoms with Gasteiger partial charge in [0.25, 0.3) is 0 Å². The minimum atomic E-state index is -0.499. The smallest absolute Gasteiger partial charge is 0.230 e. The third kappa shape index (κ3) is 1.93. The zero-order valence-electron chi connectivity index (χ0n) is 7.41. The Morgan fingerprint density at radius 2 is 1.92 bits per heavy atom. The van der Waals surface area contributed by atoms with Gasteiger partial charge in [0.05, 0.1) is 0 Å². The van der Waals surface area contributed by atoms with Crippen LogP contribution in [0.3, 0.4) is 0 Å². The van der Waals surface area contributed by atoms with E-state index in [0.717, 1.165) is 0 Å².